The topological polar surface area (TPSA) is 115 Å². The predicted octanol–water partition coefficient (Wildman–Crippen LogP) is 2.47. The molecule has 0 rings (SSSR count). The molecule has 0 aromatic carbocycles. The van der Waals surface area contributed by atoms with E-state index in [9.17, 15) is 35.1 Å². The quantitative estimate of drug-likeness (QED) is 0.268. The summed E-state index contributed by atoms with van der Waals surface area (Å²) in [5.74, 6) is 0. The Bertz CT molecular complexity index is 335. The van der Waals surface area contributed by atoms with Crippen molar-refractivity contribution in [2.75, 3.05) is 0 Å². The molecule has 17 heteroatoms. The Morgan fingerprint density at radius 2 is 0.714 bits per heavy atom. The molecule has 6 nitrogen and oxygen atoms in total. The summed E-state index contributed by atoms with van der Waals surface area (Å²) in [4.78, 5) is -9.06. The second-order valence-electron chi connectivity index (χ2n) is 2.53. The van der Waals surface area contributed by atoms with Gasteiger partial charge in [0.05, 0.1) is 0 Å². The van der Waals surface area contributed by atoms with Crippen molar-refractivity contribution >= 4 is 42.3 Å². The van der Waals surface area contributed by atoms with E-state index in [1.54, 1.807) is 0 Å². The fourth-order valence-electron chi connectivity index (χ4n) is 0. The predicted molar refractivity (Wildman–Crippen MR) is 56.3 cm³/mol. The fourth-order valence-corrected chi connectivity index (χ4v) is 0. The van der Waals surface area contributed by atoms with Crippen LogP contribution in [0.5, 0.6) is 0 Å². The van der Waals surface area contributed by atoms with Crippen molar-refractivity contribution in [2.24, 2.45) is 0 Å². The third kappa shape index (κ3) is 20.2. The van der Waals surface area contributed by atoms with Crippen molar-refractivity contribution in [3.05, 3.63) is 0 Å². The molecule has 21 heavy (non-hydrogen) atoms. The molecular weight excluding hydrogens is 488 g/mol. The Balaban J connectivity index is -0.000000239. The lowest BCUT2D eigenvalue weighted by molar-refractivity contribution is -0.284. The number of alkyl halides is 10. The monoisotopic (exact) mass is 490 g/mol. The Kier molecular flexibility index (Phi) is 10.1. The van der Waals surface area contributed by atoms with Gasteiger partial charge in [-0.1, -0.05) is 0 Å². The minimum atomic E-state index is -4.98. The normalized spacial score (nSPS) is 13.6. The molecule has 0 amide bonds. The van der Waals surface area contributed by atoms with Gasteiger partial charge in [-0.05, 0) is 0 Å². The minimum Gasteiger partial charge on any atom is -0.331 e. The van der Waals surface area contributed by atoms with Crippen LogP contribution in [0, 0.1) is 0 Å². The summed E-state index contributed by atoms with van der Waals surface area (Å²) in [7, 11) is -4.67. The standard InChI is InChI=1S/2C2HBrF4O.H2O4S/c2*3-1(4,5)2(6,7)8;1-5(2,3)4/h2*8H;(H2,1,2,3,4). The average molecular weight is 492 g/mol. The van der Waals surface area contributed by atoms with E-state index in [0.717, 1.165) is 0 Å². The molecule has 4 N–H and O–H groups in total. The van der Waals surface area contributed by atoms with E-state index in [1.165, 1.54) is 31.9 Å². The van der Waals surface area contributed by atoms with Gasteiger partial charge in [0.1, 0.15) is 0 Å². The van der Waals surface area contributed by atoms with E-state index < -0.39 is 32.3 Å². The van der Waals surface area contributed by atoms with Crippen LogP contribution in [0.25, 0.3) is 0 Å². The van der Waals surface area contributed by atoms with E-state index in [0.29, 0.717) is 0 Å². The first-order valence-corrected chi connectivity index (χ1v) is 6.52. The maximum Gasteiger partial charge on any atom is 0.427 e. The molecule has 0 aromatic rings. The lowest BCUT2D eigenvalue weighted by Gasteiger charge is -2.13. The maximum atomic E-state index is 11.1. The number of halogens is 10. The molecule has 0 aliphatic carbocycles. The first-order valence-electron chi connectivity index (χ1n) is 3.54. The minimum absolute atomic E-state index is 1.27. The molecule has 0 saturated heterocycles. The van der Waals surface area contributed by atoms with Gasteiger partial charge in [0.25, 0.3) is 0 Å². The first kappa shape index (κ1) is 26.1. The Labute approximate surface area is 127 Å². The summed E-state index contributed by atoms with van der Waals surface area (Å²) in [6.45, 7) is 0. The van der Waals surface area contributed by atoms with E-state index in [2.05, 4.69) is 0 Å². The van der Waals surface area contributed by atoms with Crippen molar-refractivity contribution in [3.8, 4) is 0 Å². The highest BCUT2D eigenvalue weighted by Gasteiger charge is 2.53. The smallest absolute Gasteiger partial charge is 0.331 e. The van der Waals surface area contributed by atoms with Gasteiger partial charge in [0.2, 0.25) is 0 Å². The highest BCUT2D eigenvalue weighted by atomic mass is 79.9. The Hall–Kier alpha value is 0.190. The summed E-state index contributed by atoms with van der Waals surface area (Å²) in [5.41, 5.74) is 0. The zero-order chi connectivity index (χ0) is 18.5. The van der Waals surface area contributed by atoms with Crippen molar-refractivity contribution in [1.82, 2.24) is 0 Å². The molecule has 0 aliphatic rings. The molecule has 0 spiro atoms. The lowest BCUT2D eigenvalue weighted by Crippen LogP contribution is -2.33. The van der Waals surface area contributed by atoms with Crippen LogP contribution in [-0.4, -0.2) is 49.6 Å². The molecule has 0 radical (unpaired) electrons. The van der Waals surface area contributed by atoms with Crippen LogP contribution in [0.3, 0.4) is 0 Å². The molecule has 0 saturated carbocycles. The highest BCUT2D eigenvalue weighted by molar-refractivity contribution is 9.10. The van der Waals surface area contributed by atoms with Crippen molar-refractivity contribution < 1.29 is 62.9 Å². The zero-order valence-corrected chi connectivity index (χ0v) is 12.8. The lowest BCUT2D eigenvalue weighted by atomic mass is 10.7. The van der Waals surface area contributed by atoms with Gasteiger partial charge in [-0.2, -0.15) is 43.5 Å². The van der Waals surface area contributed by atoms with E-state index >= 15 is 0 Å². The fraction of sp³-hybridized carbons (Fsp3) is 1.00. The second kappa shape index (κ2) is 8.16. The SMILES string of the molecule is O=S(=O)(O)O.OC(F)(F)C(F)(F)Br.OC(F)(F)C(F)(F)Br. The van der Waals surface area contributed by atoms with Crippen LogP contribution in [0.1, 0.15) is 0 Å². The van der Waals surface area contributed by atoms with Gasteiger partial charge in [0, 0.05) is 31.9 Å². The van der Waals surface area contributed by atoms with Crippen molar-refractivity contribution in [1.29, 1.82) is 0 Å². The number of hydrogen-bond acceptors (Lipinski definition) is 4. The van der Waals surface area contributed by atoms with Crippen LogP contribution in [0.2, 0.25) is 0 Å². The molecule has 0 aromatic heterocycles. The third-order valence-corrected chi connectivity index (χ3v) is 1.64. The molecule has 0 bridgehead atoms. The zero-order valence-electron chi connectivity index (χ0n) is 8.79. The van der Waals surface area contributed by atoms with E-state index in [1.807, 2.05) is 0 Å². The van der Waals surface area contributed by atoms with E-state index in [4.69, 9.17) is 27.7 Å². The molecular formula is C4H4Br2F8O6S. The second-order valence-corrected chi connectivity index (χ2v) is 5.41. The molecule has 0 atom stereocenters. The van der Waals surface area contributed by atoms with Crippen LogP contribution >= 0.6 is 31.9 Å². The van der Waals surface area contributed by atoms with Crippen molar-refractivity contribution in [2.45, 2.75) is 21.9 Å². The molecule has 0 unspecified atom stereocenters. The van der Waals surface area contributed by atoms with Gasteiger partial charge in [-0.15, -0.1) is 0 Å². The van der Waals surface area contributed by atoms with E-state index in [-0.39, 0.29) is 0 Å². The largest absolute Gasteiger partial charge is 0.427 e. The Morgan fingerprint density at radius 1 is 0.667 bits per heavy atom. The van der Waals surface area contributed by atoms with Crippen LogP contribution in [0.4, 0.5) is 35.1 Å². The van der Waals surface area contributed by atoms with Gasteiger partial charge < -0.3 is 10.2 Å². The molecule has 0 heterocycles. The summed E-state index contributed by atoms with van der Waals surface area (Å²) >= 11 is 2.53. The summed E-state index contributed by atoms with van der Waals surface area (Å²) < 4.78 is 120. The number of aliphatic hydroxyl groups is 2. The van der Waals surface area contributed by atoms with Gasteiger partial charge in [-0.3, -0.25) is 9.11 Å². The maximum absolute atomic E-state index is 11.1. The molecule has 0 aliphatic heterocycles. The number of hydrogen-bond donors (Lipinski definition) is 4. The van der Waals surface area contributed by atoms with Crippen molar-refractivity contribution in [3.63, 3.8) is 0 Å². The summed E-state index contributed by atoms with van der Waals surface area (Å²) in [5, 5.41) is 14.4. The highest BCUT2D eigenvalue weighted by Crippen LogP contribution is 2.37. The van der Waals surface area contributed by atoms with Gasteiger partial charge in [-0.25, -0.2) is 0 Å². The van der Waals surface area contributed by atoms with Gasteiger partial charge >= 0.3 is 32.3 Å². The molecule has 0 fully saturated rings. The van der Waals surface area contributed by atoms with Gasteiger partial charge in [0.15, 0.2) is 0 Å². The van der Waals surface area contributed by atoms with Crippen LogP contribution in [0.15, 0.2) is 0 Å². The average Bonchev–Trinajstić information content (AvgIpc) is 1.91. The van der Waals surface area contributed by atoms with Crippen LogP contribution in [-0.2, 0) is 10.4 Å². The van der Waals surface area contributed by atoms with Crippen LogP contribution < -0.4 is 0 Å². The third-order valence-electron chi connectivity index (χ3n) is 0.682. The number of rotatable bonds is 2. The summed E-state index contributed by atoms with van der Waals surface area (Å²) in [6, 6.07) is 0. The molecule has 132 valence electrons. The first-order chi connectivity index (χ1) is 8.50. The summed E-state index contributed by atoms with van der Waals surface area (Å²) in [6.07, 6.45) is -9.96. The Morgan fingerprint density at radius 3 is 0.714 bits per heavy atom.